The Hall–Kier alpha value is -2.68. The number of aromatic nitrogens is 3. The van der Waals surface area contributed by atoms with E-state index in [-0.39, 0.29) is 0 Å². The van der Waals surface area contributed by atoms with Crippen LogP contribution in [0.15, 0.2) is 54.2 Å². The Bertz CT molecular complexity index is 1150. The molecule has 0 fully saturated rings. The topological polar surface area (TPSA) is 61.2 Å². The molecule has 0 unspecified atom stereocenters. The summed E-state index contributed by atoms with van der Waals surface area (Å²) in [4.78, 5) is 4.83. The summed E-state index contributed by atoms with van der Waals surface area (Å²) in [6.45, 7) is 8.25. The number of nitrogens with zero attached hydrogens (tertiary/aromatic N) is 3. The summed E-state index contributed by atoms with van der Waals surface area (Å²) in [6, 6.07) is 13.3. The zero-order valence-electron chi connectivity index (χ0n) is 18.4. The molecule has 1 aromatic carbocycles. The Labute approximate surface area is 187 Å². The maximum atomic E-state index is 5.85. The van der Waals surface area contributed by atoms with Crippen molar-refractivity contribution >= 4 is 40.9 Å². The molecule has 6 nitrogen and oxygen atoms in total. The van der Waals surface area contributed by atoms with Crippen LogP contribution < -0.4 is 10.1 Å². The number of benzene rings is 1. The SMILES string of the molecule is COc1nc(-c2cnn(COCC[Si](C)(C)C)c2)c(Nc2ccccc2)c2sccc12. The van der Waals surface area contributed by atoms with Gasteiger partial charge in [0.15, 0.2) is 0 Å². The van der Waals surface area contributed by atoms with Crippen LogP contribution in [0.1, 0.15) is 0 Å². The van der Waals surface area contributed by atoms with Crippen LogP contribution in [-0.4, -0.2) is 36.6 Å². The molecule has 4 aromatic rings. The van der Waals surface area contributed by atoms with Crippen molar-refractivity contribution in [2.24, 2.45) is 0 Å². The average Bonchev–Trinajstić information content (AvgIpc) is 3.41. The number of hydrogen-bond donors (Lipinski definition) is 1. The highest BCUT2D eigenvalue weighted by atomic mass is 32.1. The highest BCUT2D eigenvalue weighted by molar-refractivity contribution is 7.18. The van der Waals surface area contributed by atoms with E-state index in [1.54, 1.807) is 18.4 Å². The summed E-state index contributed by atoms with van der Waals surface area (Å²) >= 11 is 1.67. The Balaban J connectivity index is 1.65. The van der Waals surface area contributed by atoms with Crippen LogP contribution in [0, 0.1) is 0 Å². The van der Waals surface area contributed by atoms with Gasteiger partial charge in [-0.2, -0.15) is 5.10 Å². The lowest BCUT2D eigenvalue weighted by molar-refractivity contribution is 0.0786. The third kappa shape index (κ3) is 5.15. The number of pyridine rings is 1. The van der Waals surface area contributed by atoms with Gasteiger partial charge in [0.1, 0.15) is 12.4 Å². The molecule has 0 spiro atoms. The summed E-state index contributed by atoms with van der Waals surface area (Å²) in [5, 5.41) is 11.1. The quantitative estimate of drug-likeness (QED) is 0.241. The molecule has 0 bridgehead atoms. The van der Waals surface area contributed by atoms with E-state index in [1.807, 2.05) is 53.5 Å². The molecular formula is C23H28N4O2SSi. The molecule has 0 aliphatic rings. The number of nitrogens with one attached hydrogen (secondary N) is 1. The van der Waals surface area contributed by atoms with Gasteiger partial charge < -0.3 is 14.8 Å². The number of para-hydroxylation sites is 1. The van der Waals surface area contributed by atoms with Crippen molar-refractivity contribution in [3.8, 4) is 17.1 Å². The minimum Gasteiger partial charge on any atom is -0.481 e. The summed E-state index contributed by atoms with van der Waals surface area (Å²) < 4.78 is 14.4. The van der Waals surface area contributed by atoms with E-state index < -0.39 is 8.07 Å². The van der Waals surface area contributed by atoms with Crippen LogP contribution in [0.5, 0.6) is 5.88 Å². The highest BCUT2D eigenvalue weighted by Gasteiger charge is 2.19. The van der Waals surface area contributed by atoms with Crippen LogP contribution in [0.25, 0.3) is 21.3 Å². The fourth-order valence-electron chi connectivity index (χ4n) is 3.24. The van der Waals surface area contributed by atoms with E-state index in [4.69, 9.17) is 14.5 Å². The van der Waals surface area contributed by atoms with Crippen molar-refractivity contribution in [1.82, 2.24) is 14.8 Å². The molecular weight excluding hydrogens is 424 g/mol. The van der Waals surface area contributed by atoms with E-state index in [9.17, 15) is 0 Å². The first-order chi connectivity index (χ1) is 14.9. The maximum Gasteiger partial charge on any atom is 0.222 e. The second-order valence-corrected chi connectivity index (χ2v) is 15.2. The van der Waals surface area contributed by atoms with Gasteiger partial charge in [0.05, 0.1) is 29.1 Å². The van der Waals surface area contributed by atoms with Crippen molar-refractivity contribution in [2.75, 3.05) is 19.0 Å². The van der Waals surface area contributed by atoms with Gasteiger partial charge in [0.2, 0.25) is 5.88 Å². The summed E-state index contributed by atoms with van der Waals surface area (Å²) in [5.74, 6) is 0.615. The third-order valence-electron chi connectivity index (χ3n) is 4.94. The van der Waals surface area contributed by atoms with Gasteiger partial charge in [-0.15, -0.1) is 11.3 Å². The number of thiophene rings is 1. The molecule has 4 rings (SSSR count). The Morgan fingerprint density at radius 3 is 2.68 bits per heavy atom. The lowest BCUT2D eigenvalue weighted by Gasteiger charge is -2.15. The van der Waals surface area contributed by atoms with E-state index >= 15 is 0 Å². The molecule has 1 N–H and O–H groups in total. The Morgan fingerprint density at radius 2 is 1.94 bits per heavy atom. The molecule has 31 heavy (non-hydrogen) atoms. The van der Waals surface area contributed by atoms with E-state index in [2.05, 4.69) is 35.4 Å². The van der Waals surface area contributed by atoms with Crippen molar-refractivity contribution in [3.05, 3.63) is 54.2 Å². The fraction of sp³-hybridized carbons (Fsp3) is 0.304. The van der Waals surface area contributed by atoms with Gasteiger partial charge in [0.25, 0.3) is 0 Å². The predicted octanol–water partition coefficient (Wildman–Crippen LogP) is 6.22. The molecule has 0 saturated carbocycles. The molecule has 0 aliphatic heterocycles. The van der Waals surface area contributed by atoms with E-state index in [0.717, 1.165) is 45.4 Å². The van der Waals surface area contributed by atoms with Crippen molar-refractivity contribution in [2.45, 2.75) is 32.4 Å². The van der Waals surface area contributed by atoms with Crippen LogP contribution in [0.2, 0.25) is 25.7 Å². The van der Waals surface area contributed by atoms with Gasteiger partial charge in [0, 0.05) is 32.1 Å². The molecule has 0 amide bonds. The van der Waals surface area contributed by atoms with Crippen LogP contribution in [0.3, 0.4) is 0 Å². The van der Waals surface area contributed by atoms with Crippen molar-refractivity contribution < 1.29 is 9.47 Å². The number of hydrogen-bond acceptors (Lipinski definition) is 6. The fourth-order valence-corrected chi connectivity index (χ4v) is 4.88. The van der Waals surface area contributed by atoms with Gasteiger partial charge >= 0.3 is 0 Å². The first-order valence-corrected chi connectivity index (χ1v) is 14.9. The van der Waals surface area contributed by atoms with Crippen LogP contribution >= 0.6 is 11.3 Å². The van der Waals surface area contributed by atoms with Gasteiger partial charge in [-0.25, -0.2) is 9.67 Å². The highest BCUT2D eigenvalue weighted by Crippen LogP contribution is 2.41. The van der Waals surface area contributed by atoms with Gasteiger partial charge in [-0.05, 0) is 29.6 Å². The minimum absolute atomic E-state index is 0.435. The number of rotatable bonds is 9. The molecule has 0 aliphatic carbocycles. The van der Waals surface area contributed by atoms with Gasteiger partial charge in [-0.1, -0.05) is 37.8 Å². The van der Waals surface area contributed by atoms with E-state index in [1.165, 1.54) is 0 Å². The second-order valence-electron chi connectivity index (χ2n) is 8.62. The van der Waals surface area contributed by atoms with Crippen LogP contribution in [-0.2, 0) is 11.5 Å². The molecule has 3 aromatic heterocycles. The smallest absolute Gasteiger partial charge is 0.222 e. The largest absolute Gasteiger partial charge is 0.481 e. The van der Waals surface area contributed by atoms with Gasteiger partial charge in [-0.3, -0.25) is 0 Å². The average molecular weight is 453 g/mol. The summed E-state index contributed by atoms with van der Waals surface area (Å²) in [7, 11) is 0.553. The first kappa shape index (κ1) is 21.5. The lowest BCUT2D eigenvalue weighted by Crippen LogP contribution is -2.22. The molecule has 0 radical (unpaired) electrons. The van der Waals surface area contributed by atoms with Crippen LogP contribution in [0.4, 0.5) is 11.4 Å². The molecule has 0 saturated heterocycles. The zero-order valence-corrected chi connectivity index (χ0v) is 20.2. The Kier molecular flexibility index (Phi) is 6.40. The number of methoxy groups -OCH3 is 1. The maximum absolute atomic E-state index is 5.85. The number of ether oxygens (including phenoxy) is 2. The zero-order chi connectivity index (χ0) is 21.8. The standard InChI is InChI=1S/C23H28N4O2SSi/c1-28-23-19-10-12-30-22(19)21(25-18-8-6-5-7-9-18)20(26-23)17-14-24-27(15-17)16-29-11-13-31(2,3)4/h5-10,12,14-15,25H,11,13,16H2,1-4H3. The second kappa shape index (κ2) is 9.21. The predicted molar refractivity (Wildman–Crippen MR) is 131 cm³/mol. The summed E-state index contributed by atoms with van der Waals surface area (Å²) in [5.41, 5.74) is 3.69. The molecule has 3 heterocycles. The minimum atomic E-state index is -1.10. The lowest BCUT2D eigenvalue weighted by atomic mass is 10.1. The summed E-state index contributed by atoms with van der Waals surface area (Å²) in [6.07, 6.45) is 3.81. The molecule has 0 atom stereocenters. The number of fused-ring (bicyclic) bond motifs is 1. The number of anilines is 2. The molecule has 162 valence electrons. The van der Waals surface area contributed by atoms with E-state index in [0.29, 0.717) is 12.6 Å². The monoisotopic (exact) mass is 452 g/mol. The third-order valence-corrected chi connectivity index (χ3v) is 7.57. The molecule has 8 heteroatoms. The Morgan fingerprint density at radius 1 is 1.13 bits per heavy atom. The normalized spacial score (nSPS) is 11.7. The van der Waals surface area contributed by atoms with Crippen molar-refractivity contribution in [1.29, 1.82) is 0 Å². The van der Waals surface area contributed by atoms with Crippen molar-refractivity contribution in [3.63, 3.8) is 0 Å². The first-order valence-electron chi connectivity index (χ1n) is 10.3.